The average molecular weight is 365 g/mol. The van der Waals surface area contributed by atoms with Gasteiger partial charge in [0.25, 0.3) is 0 Å². The van der Waals surface area contributed by atoms with Gasteiger partial charge in [-0.05, 0) is 51.0 Å². The Bertz CT molecular complexity index is 677. The Labute approximate surface area is 150 Å². The van der Waals surface area contributed by atoms with Crippen LogP contribution >= 0.6 is 0 Å². The van der Waals surface area contributed by atoms with Crippen LogP contribution in [0.3, 0.4) is 0 Å². The molecule has 2 fully saturated rings. The third-order valence-electron chi connectivity index (χ3n) is 5.27. The van der Waals surface area contributed by atoms with Crippen molar-refractivity contribution in [1.82, 2.24) is 14.1 Å². The van der Waals surface area contributed by atoms with Gasteiger partial charge in [0.2, 0.25) is 15.9 Å². The van der Waals surface area contributed by atoms with Gasteiger partial charge in [-0.1, -0.05) is 18.2 Å². The molecule has 0 N–H and O–H groups in total. The molecule has 1 aromatic rings. The molecule has 1 amide bonds. The molecule has 3 rings (SSSR count). The standard InChI is InChI=1S/C18H27N3O3S/c1-19-9-7-16(8-10-19)15-18(22)20-11-13-21(14-12-20)25(23,24)17-5-3-2-4-6-17/h2-6,16H,7-15H2,1H3. The van der Waals surface area contributed by atoms with Crippen molar-refractivity contribution in [2.45, 2.75) is 24.2 Å². The number of benzene rings is 1. The minimum atomic E-state index is -3.45. The van der Waals surface area contributed by atoms with Gasteiger partial charge >= 0.3 is 0 Å². The fraction of sp³-hybridized carbons (Fsp3) is 0.611. The molecule has 0 aliphatic carbocycles. The molecule has 25 heavy (non-hydrogen) atoms. The van der Waals surface area contributed by atoms with Crippen molar-refractivity contribution in [3.8, 4) is 0 Å². The normalized spacial score (nSPS) is 21.4. The van der Waals surface area contributed by atoms with Crippen LogP contribution in [-0.4, -0.2) is 74.7 Å². The van der Waals surface area contributed by atoms with Gasteiger partial charge < -0.3 is 9.80 Å². The Hall–Kier alpha value is -1.44. The van der Waals surface area contributed by atoms with E-state index in [0.717, 1.165) is 25.9 Å². The minimum Gasteiger partial charge on any atom is -0.340 e. The Kier molecular flexibility index (Phi) is 5.76. The molecule has 2 saturated heterocycles. The smallest absolute Gasteiger partial charge is 0.243 e. The SMILES string of the molecule is CN1CCC(CC(=O)N2CCN(S(=O)(=O)c3ccccc3)CC2)CC1. The molecule has 7 heteroatoms. The molecule has 0 bridgehead atoms. The summed E-state index contributed by atoms with van der Waals surface area (Å²) >= 11 is 0. The van der Waals surface area contributed by atoms with E-state index in [1.54, 1.807) is 30.3 Å². The van der Waals surface area contributed by atoms with E-state index in [0.29, 0.717) is 43.4 Å². The van der Waals surface area contributed by atoms with Gasteiger partial charge in [0.05, 0.1) is 4.90 Å². The van der Waals surface area contributed by atoms with Gasteiger partial charge in [0.1, 0.15) is 0 Å². The third-order valence-corrected chi connectivity index (χ3v) is 7.19. The molecule has 0 atom stereocenters. The average Bonchev–Trinajstić information content (AvgIpc) is 2.64. The van der Waals surface area contributed by atoms with Crippen molar-refractivity contribution >= 4 is 15.9 Å². The summed E-state index contributed by atoms with van der Waals surface area (Å²) in [7, 11) is -1.34. The fourth-order valence-electron chi connectivity index (χ4n) is 3.56. The van der Waals surface area contributed by atoms with E-state index in [2.05, 4.69) is 11.9 Å². The summed E-state index contributed by atoms with van der Waals surface area (Å²) in [6, 6.07) is 8.50. The number of amides is 1. The quantitative estimate of drug-likeness (QED) is 0.806. The van der Waals surface area contributed by atoms with Crippen molar-refractivity contribution in [1.29, 1.82) is 0 Å². The van der Waals surface area contributed by atoms with E-state index in [-0.39, 0.29) is 5.91 Å². The Morgan fingerprint density at radius 2 is 1.60 bits per heavy atom. The molecule has 0 saturated carbocycles. The van der Waals surface area contributed by atoms with Gasteiger partial charge in [-0.15, -0.1) is 0 Å². The molecule has 2 heterocycles. The van der Waals surface area contributed by atoms with E-state index >= 15 is 0 Å². The Morgan fingerprint density at radius 1 is 1.00 bits per heavy atom. The predicted molar refractivity (Wildman–Crippen MR) is 96.6 cm³/mol. The molecule has 1 aromatic carbocycles. The summed E-state index contributed by atoms with van der Waals surface area (Å²) in [5, 5.41) is 0. The topological polar surface area (TPSA) is 60.9 Å². The molecule has 2 aliphatic heterocycles. The van der Waals surface area contributed by atoms with Crippen LogP contribution in [0, 0.1) is 5.92 Å². The van der Waals surface area contributed by atoms with Crippen molar-refractivity contribution in [2.75, 3.05) is 46.3 Å². The van der Waals surface area contributed by atoms with E-state index in [4.69, 9.17) is 0 Å². The van der Waals surface area contributed by atoms with Crippen molar-refractivity contribution in [3.63, 3.8) is 0 Å². The first-order chi connectivity index (χ1) is 12.0. The second-order valence-electron chi connectivity index (χ2n) is 7.05. The predicted octanol–water partition coefficient (Wildman–Crippen LogP) is 1.25. The third kappa shape index (κ3) is 4.40. The monoisotopic (exact) mass is 365 g/mol. The maximum Gasteiger partial charge on any atom is 0.243 e. The number of carbonyl (C=O) groups excluding carboxylic acids is 1. The highest BCUT2D eigenvalue weighted by Gasteiger charge is 2.31. The zero-order valence-electron chi connectivity index (χ0n) is 14.8. The van der Waals surface area contributed by atoms with Gasteiger partial charge in [-0.25, -0.2) is 8.42 Å². The van der Waals surface area contributed by atoms with Crippen molar-refractivity contribution in [3.05, 3.63) is 30.3 Å². The molecule has 0 unspecified atom stereocenters. The summed E-state index contributed by atoms with van der Waals surface area (Å²) < 4.78 is 26.7. The number of rotatable bonds is 4. The molecule has 0 spiro atoms. The zero-order valence-corrected chi connectivity index (χ0v) is 15.6. The second-order valence-corrected chi connectivity index (χ2v) is 8.99. The van der Waals surface area contributed by atoms with Crippen LogP contribution in [-0.2, 0) is 14.8 Å². The van der Waals surface area contributed by atoms with Crippen LogP contribution in [0.4, 0.5) is 0 Å². The lowest BCUT2D eigenvalue weighted by atomic mass is 9.93. The summed E-state index contributed by atoms with van der Waals surface area (Å²) in [6.45, 7) is 3.82. The molecule has 2 aliphatic rings. The fourth-order valence-corrected chi connectivity index (χ4v) is 5.00. The van der Waals surface area contributed by atoms with E-state index in [9.17, 15) is 13.2 Å². The number of hydrogen-bond acceptors (Lipinski definition) is 4. The van der Waals surface area contributed by atoms with E-state index in [1.165, 1.54) is 4.31 Å². The number of hydrogen-bond donors (Lipinski definition) is 0. The lowest BCUT2D eigenvalue weighted by Gasteiger charge is -2.35. The van der Waals surface area contributed by atoms with Crippen LogP contribution in [0.2, 0.25) is 0 Å². The van der Waals surface area contributed by atoms with Gasteiger partial charge in [0.15, 0.2) is 0 Å². The molecule has 138 valence electrons. The molecular weight excluding hydrogens is 338 g/mol. The number of piperazine rings is 1. The highest BCUT2D eigenvalue weighted by molar-refractivity contribution is 7.89. The highest BCUT2D eigenvalue weighted by Crippen LogP contribution is 2.22. The van der Waals surface area contributed by atoms with Crippen molar-refractivity contribution < 1.29 is 13.2 Å². The van der Waals surface area contributed by atoms with Crippen LogP contribution in [0.15, 0.2) is 35.2 Å². The van der Waals surface area contributed by atoms with Crippen LogP contribution in [0.1, 0.15) is 19.3 Å². The number of sulfonamides is 1. The minimum absolute atomic E-state index is 0.173. The lowest BCUT2D eigenvalue weighted by Crippen LogP contribution is -2.50. The van der Waals surface area contributed by atoms with E-state index in [1.807, 2.05) is 4.90 Å². The summed E-state index contributed by atoms with van der Waals surface area (Å²) in [4.78, 5) is 17.0. The highest BCUT2D eigenvalue weighted by atomic mass is 32.2. The van der Waals surface area contributed by atoms with Gasteiger partial charge in [-0.2, -0.15) is 4.31 Å². The van der Waals surface area contributed by atoms with E-state index < -0.39 is 10.0 Å². The Morgan fingerprint density at radius 3 is 2.20 bits per heavy atom. The number of piperidine rings is 1. The zero-order chi connectivity index (χ0) is 17.9. The van der Waals surface area contributed by atoms with Crippen LogP contribution in [0.25, 0.3) is 0 Å². The molecule has 0 radical (unpaired) electrons. The first-order valence-corrected chi connectivity index (χ1v) is 10.4. The summed E-state index contributed by atoms with van der Waals surface area (Å²) in [5.74, 6) is 0.640. The lowest BCUT2D eigenvalue weighted by molar-refractivity contribution is -0.133. The maximum atomic E-state index is 12.6. The first-order valence-electron chi connectivity index (χ1n) is 8.98. The number of likely N-dealkylation sites (tertiary alicyclic amines) is 1. The maximum absolute atomic E-state index is 12.6. The number of nitrogens with zero attached hydrogens (tertiary/aromatic N) is 3. The van der Waals surface area contributed by atoms with Gasteiger partial charge in [-0.3, -0.25) is 4.79 Å². The molecule has 0 aromatic heterocycles. The van der Waals surface area contributed by atoms with Crippen LogP contribution < -0.4 is 0 Å². The van der Waals surface area contributed by atoms with Gasteiger partial charge in [0, 0.05) is 32.6 Å². The first kappa shape index (κ1) is 18.4. The van der Waals surface area contributed by atoms with Crippen LogP contribution in [0.5, 0.6) is 0 Å². The molecular formula is C18H27N3O3S. The number of carbonyl (C=O) groups is 1. The Balaban J connectivity index is 1.52. The summed E-state index contributed by atoms with van der Waals surface area (Å²) in [6.07, 6.45) is 2.74. The largest absolute Gasteiger partial charge is 0.340 e. The second kappa shape index (κ2) is 7.85. The summed E-state index contributed by atoms with van der Waals surface area (Å²) in [5.41, 5.74) is 0. The van der Waals surface area contributed by atoms with Crippen molar-refractivity contribution in [2.24, 2.45) is 5.92 Å². The molecule has 6 nitrogen and oxygen atoms in total.